The van der Waals surface area contributed by atoms with Gasteiger partial charge in [-0.05, 0) is 69.5 Å². The molecule has 0 aliphatic carbocycles. The lowest BCUT2D eigenvalue weighted by Gasteiger charge is -2.29. The van der Waals surface area contributed by atoms with Crippen LogP contribution >= 0.6 is 0 Å². The Labute approximate surface area is 116 Å². The molecule has 0 radical (unpaired) electrons. The molecule has 1 aliphatic rings. The summed E-state index contributed by atoms with van der Waals surface area (Å²) in [6.07, 6.45) is 3.36. The van der Waals surface area contributed by atoms with Gasteiger partial charge in [-0.15, -0.1) is 0 Å². The zero-order valence-corrected chi connectivity index (χ0v) is 12.2. The van der Waals surface area contributed by atoms with Gasteiger partial charge in [0.15, 0.2) is 0 Å². The molecule has 0 atom stereocenters. The highest BCUT2D eigenvalue weighted by Gasteiger charge is 2.15. The van der Waals surface area contributed by atoms with Crippen LogP contribution in [-0.4, -0.2) is 37.2 Å². The molecule has 0 saturated carbocycles. The van der Waals surface area contributed by atoms with Gasteiger partial charge in [-0.3, -0.25) is 0 Å². The van der Waals surface area contributed by atoms with Crippen molar-refractivity contribution in [2.45, 2.75) is 39.2 Å². The highest BCUT2D eigenvalue weighted by Crippen LogP contribution is 2.16. The van der Waals surface area contributed by atoms with E-state index in [1.54, 1.807) is 0 Å². The second-order valence-corrected chi connectivity index (χ2v) is 5.63. The third-order valence-corrected chi connectivity index (χ3v) is 4.00. The second kappa shape index (κ2) is 6.92. The summed E-state index contributed by atoms with van der Waals surface area (Å²) >= 11 is 0. The summed E-state index contributed by atoms with van der Waals surface area (Å²) in [7, 11) is 0. The van der Waals surface area contributed by atoms with Crippen molar-refractivity contribution >= 4 is 0 Å². The Hall–Kier alpha value is -1.06. The van der Waals surface area contributed by atoms with Gasteiger partial charge >= 0.3 is 0 Å². The van der Waals surface area contributed by atoms with Crippen molar-refractivity contribution < 1.29 is 4.74 Å². The van der Waals surface area contributed by atoms with Crippen LogP contribution in [0.5, 0.6) is 5.75 Å². The van der Waals surface area contributed by atoms with Crippen LogP contribution in [0.4, 0.5) is 0 Å². The fraction of sp³-hybridized carbons (Fsp3) is 0.625. The maximum Gasteiger partial charge on any atom is 0.119 e. The molecule has 2 N–H and O–H groups in total. The molecule has 106 valence electrons. The maximum atomic E-state index is 5.90. The lowest BCUT2D eigenvalue weighted by molar-refractivity contribution is 0.194. The Morgan fingerprint density at radius 3 is 2.63 bits per heavy atom. The minimum atomic E-state index is 0.419. The van der Waals surface area contributed by atoms with Crippen molar-refractivity contribution in [3.8, 4) is 5.75 Å². The monoisotopic (exact) mass is 262 g/mol. The number of hydrogen-bond acceptors (Lipinski definition) is 3. The first-order valence-corrected chi connectivity index (χ1v) is 7.33. The number of aryl methyl sites for hydroxylation is 2. The molecule has 1 aliphatic heterocycles. The van der Waals surface area contributed by atoms with E-state index in [2.05, 4.69) is 36.9 Å². The fourth-order valence-electron chi connectivity index (χ4n) is 2.46. The molecule has 0 bridgehead atoms. The minimum Gasteiger partial charge on any atom is -0.494 e. The number of likely N-dealkylation sites (tertiary alicyclic amines) is 1. The largest absolute Gasteiger partial charge is 0.494 e. The average Bonchev–Trinajstić information content (AvgIpc) is 2.41. The smallest absolute Gasteiger partial charge is 0.119 e. The standard InChI is InChI=1S/C16H26N2O/c1-13-4-5-16(12-14(13)2)19-11-3-8-18-9-6-15(17)7-10-18/h4-5,12,15H,3,6-11,17H2,1-2H3. The van der Waals surface area contributed by atoms with Crippen LogP contribution in [0.1, 0.15) is 30.4 Å². The number of hydrogen-bond donors (Lipinski definition) is 1. The molecule has 0 amide bonds. The first-order chi connectivity index (χ1) is 9.15. The Bertz CT molecular complexity index is 398. The molecule has 3 heteroatoms. The van der Waals surface area contributed by atoms with Gasteiger partial charge in [-0.1, -0.05) is 6.07 Å². The Morgan fingerprint density at radius 1 is 1.21 bits per heavy atom. The lowest BCUT2D eigenvalue weighted by atomic mass is 10.1. The van der Waals surface area contributed by atoms with E-state index < -0.39 is 0 Å². The highest BCUT2D eigenvalue weighted by atomic mass is 16.5. The summed E-state index contributed by atoms with van der Waals surface area (Å²) in [4.78, 5) is 2.49. The van der Waals surface area contributed by atoms with Gasteiger partial charge in [0.1, 0.15) is 5.75 Å². The van der Waals surface area contributed by atoms with Crippen molar-refractivity contribution in [3.63, 3.8) is 0 Å². The van der Waals surface area contributed by atoms with Crippen LogP contribution in [-0.2, 0) is 0 Å². The zero-order valence-electron chi connectivity index (χ0n) is 12.2. The van der Waals surface area contributed by atoms with Crippen molar-refractivity contribution in [1.82, 2.24) is 4.90 Å². The van der Waals surface area contributed by atoms with E-state index in [1.165, 1.54) is 11.1 Å². The molecule has 0 unspecified atom stereocenters. The van der Waals surface area contributed by atoms with Gasteiger partial charge in [-0.2, -0.15) is 0 Å². The molecule has 0 aromatic heterocycles. The maximum absolute atomic E-state index is 5.90. The zero-order chi connectivity index (χ0) is 13.7. The van der Waals surface area contributed by atoms with E-state index in [1.807, 2.05) is 0 Å². The fourth-order valence-corrected chi connectivity index (χ4v) is 2.46. The molecule has 1 fully saturated rings. The molecule has 19 heavy (non-hydrogen) atoms. The van der Waals surface area contributed by atoms with Crippen LogP contribution in [0.3, 0.4) is 0 Å². The molecule has 3 nitrogen and oxygen atoms in total. The van der Waals surface area contributed by atoms with Crippen LogP contribution in [0, 0.1) is 13.8 Å². The number of piperidine rings is 1. The van der Waals surface area contributed by atoms with Gasteiger partial charge in [-0.25, -0.2) is 0 Å². The Kier molecular flexibility index (Phi) is 5.23. The number of nitrogens with two attached hydrogens (primary N) is 1. The van der Waals surface area contributed by atoms with Crippen molar-refractivity contribution in [2.24, 2.45) is 5.73 Å². The highest BCUT2D eigenvalue weighted by molar-refractivity contribution is 5.33. The summed E-state index contributed by atoms with van der Waals surface area (Å²) in [6.45, 7) is 8.46. The third kappa shape index (κ3) is 4.51. The molecular weight excluding hydrogens is 236 g/mol. The van der Waals surface area contributed by atoms with Crippen LogP contribution in [0.15, 0.2) is 18.2 Å². The molecule has 1 saturated heterocycles. The van der Waals surface area contributed by atoms with E-state index in [4.69, 9.17) is 10.5 Å². The first kappa shape index (κ1) is 14.4. The topological polar surface area (TPSA) is 38.5 Å². The Morgan fingerprint density at radius 2 is 1.95 bits per heavy atom. The predicted octanol–water partition coefficient (Wildman–Crippen LogP) is 2.50. The predicted molar refractivity (Wildman–Crippen MR) is 79.7 cm³/mol. The van der Waals surface area contributed by atoms with E-state index in [9.17, 15) is 0 Å². The summed E-state index contributed by atoms with van der Waals surface area (Å²) in [5.41, 5.74) is 8.51. The summed E-state index contributed by atoms with van der Waals surface area (Å²) in [6, 6.07) is 6.72. The van der Waals surface area contributed by atoms with Crippen molar-refractivity contribution in [1.29, 1.82) is 0 Å². The van der Waals surface area contributed by atoms with Gasteiger partial charge in [0.25, 0.3) is 0 Å². The van der Waals surface area contributed by atoms with Gasteiger partial charge in [0, 0.05) is 12.6 Å². The first-order valence-electron chi connectivity index (χ1n) is 7.33. The van der Waals surface area contributed by atoms with Crippen LogP contribution in [0.25, 0.3) is 0 Å². The summed E-state index contributed by atoms with van der Waals surface area (Å²) in [5.74, 6) is 0.990. The van der Waals surface area contributed by atoms with Crippen molar-refractivity contribution in [2.75, 3.05) is 26.2 Å². The van der Waals surface area contributed by atoms with E-state index >= 15 is 0 Å². The second-order valence-electron chi connectivity index (χ2n) is 5.63. The van der Waals surface area contributed by atoms with Gasteiger partial charge in [0.05, 0.1) is 6.61 Å². The number of benzene rings is 1. The van der Waals surface area contributed by atoms with Crippen molar-refractivity contribution in [3.05, 3.63) is 29.3 Å². The normalized spacial score (nSPS) is 17.6. The summed E-state index contributed by atoms with van der Waals surface area (Å²) < 4.78 is 5.80. The average molecular weight is 262 g/mol. The van der Waals surface area contributed by atoms with Crippen LogP contribution in [0.2, 0.25) is 0 Å². The van der Waals surface area contributed by atoms with Gasteiger partial charge < -0.3 is 15.4 Å². The summed E-state index contributed by atoms with van der Waals surface area (Å²) in [5, 5.41) is 0. The minimum absolute atomic E-state index is 0.419. The molecule has 1 aromatic carbocycles. The number of ether oxygens (including phenoxy) is 1. The number of rotatable bonds is 5. The van der Waals surface area contributed by atoms with Gasteiger partial charge in [0.2, 0.25) is 0 Å². The van der Waals surface area contributed by atoms with E-state index in [0.29, 0.717) is 6.04 Å². The number of nitrogens with zero attached hydrogens (tertiary/aromatic N) is 1. The molecule has 1 aromatic rings. The van der Waals surface area contributed by atoms with E-state index in [0.717, 1.165) is 51.3 Å². The molecular formula is C16H26N2O. The molecule has 2 rings (SSSR count). The Balaban J connectivity index is 1.65. The van der Waals surface area contributed by atoms with Crippen LogP contribution < -0.4 is 10.5 Å². The lowest BCUT2D eigenvalue weighted by Crippen LogP contribution is -2.40. The third-order valence-electron chi connectivity index (χ3n) is 4.00. The quantitative estimate of drug-likeness (QED) is 0.829. The molecule has 1 heterocycles. The SMILES string of the molecule is Cc1ccc(OCCCN2CCC(N)CC2)cc1C. The molecule has 0 spiro atoms. The van der Waals surface area contributed by atoms with E-state index in [-0.39, 0.29) is 0 Å².